The Morgan fingerprint density at radius 2 is 2.17 bits per heavy atom. The predicted molar refractivity (Wildman–Crippen MR) is 55.9 cm³/mol. The van der Waals surface area contributed by atoms with E-state index in [4.69, 9.17) is 0 Å². The van der Waals surface area contributed by atoms with E-state index in [-0.39, 0.29) is 0 Å². The van der Waals surface area contributed by atoms with E-state index in [1.165, 1.54) is 5.75 Å². The van der Waals surface area contributed by atoms with Crippen LogP contribution in [0.5, 0.6) is 0 Å². The molecule has 0 amide bonds. The molecule has 0 aromatic rings. The number of fused-ring (bicyclic) bond motifs is 1. The van der Waals surface area contributed by atoms with E-state index in [9.17, 15) is 4.21 Å². The molecule has 0 saturated carbocycles. The van der Waals surface area contributed by atoms with Crippen LogP contribution in [0.3, 0.4) is 0 Å². The highest BCUT2D eigenvalue weighted by Gasteiger charge is 2.45. The van der Waals surface area contributed by atoms with E-state index in [0.717, 1.165) is 29.3 Å². The SMILES string of the molecule is CC(C)C1CS(=O)C2CSCC12. The normalized spacial score (nSPS) is 46.9. The van der Waals surface area contributed by atoms with Gasteiger partial charge in [-0.15, -0.1) is 0 Å². The molecular formula is C9H16OS2. The minimum atomic E-state index is -0.500. The lowest BCUT2D eigenvalue weighted by Crippen LogP contribution is -2.22. The topological polar surface area (TPSA) is 17.1 Å². The van der Waals surface area contributed by atoms with Crippen molar-refractivity contribution in [2.75, 3.05) is 17.3 Å². The molecule has 0 aromatic heterocycles. The Bertz CT molecular complexity index is 203. The minimum Gasteiger partial charge on any atom is -0.259 e. The zero-order valence-electron chi connectivity index (χ0n) is 7.66. The minimum absolute atomic E-state index is 0.500. The van der Waals surface area contributed by atoms with Crippen LogP contribution in [0.4, 0.5) is 0 Å². The highest BCUT2D eigenvalue weighted by molar-refractivity contribution is 8.01. The van der Waals surface area contributed by atoms with E-state index >= 15 is 0 Å². The molecule has 0 bridgehead atoms. The van der Waals surface area contributed by atoms with Crippen molar-refractivity contribution in [1.29, 1.82) is 0 Å². The van der Waals surface area contributed by atoms with Gasteiger partial charge in [0.15, 0.2) is 0 Å². The van der Waals surface area contributed by atoms with Crippen molar-refractivity contribution in [2.24, 2.45) is 17.8 Å². The molecule has 70 valence electrons. The maximum Gasteiger partial charge on any atom is 0.0477 e. The molecule has 2 aliphatic heterocycles. The zero-order chi connectivity index (χ0) is 8.72. The molecule has 0 spiro atoms. The Balaban J connectivity index is 2.14. The number of hydrogen-bond donors (Lipinski definition) is 0. The van der Waals surface area contributed by atoms with Crippen LogP contribution in [0.25, 0.3) is 0 Å². The fraction of sp³-hybridized carbons (Fsp3) is 1.00. The van der Waals surface area contributed by atoms with Gasteiger partial charge in [-0.25, -0.2) is 0 Å². The van der Waals surface area contributed by atoms with Gasteiger partial charge in [0.2, 0.25) is 0 Å². The second-order valence-electron chi connectivity index (χ2n) is 4.20. The fourth-order valence-electron chi connectivity index (χ4n) is 2.35. The standard InChI is InChI=1S/C9H16OS2/c1-6(2)8-5-12(10)9-4-11-3-7(8)9/h6-9H,3-5H2,1-2H3. The molecule has 0 aliphatic carbocycles. The first-order valence-corrected chi connectivity index (χ1v) is 7.18. The number of thioether (sulfide) groups is 1. The molecule has 1 nitrogen and oxygen atoms in total. The lowest BCUT2D eigenvalue weighted by atomic mass is 9.85. The summed E-state index contributed by atoms with van der Waals surface area (Å²) < 4.78 is 11.7. The summed E-state index contributed by atoms with van der Waals surface area (Å²) in [7, 11) is -0.500. The monoisotopic (exact) mass is 204 g/mol. The van der Waals surface area contributed by atoms with E-state index in [1.54, 1.807) is 0 Å². The number of rotatable bonds is 1. The molecule has 2 heterocycles. The van der Waals surface area contributed by atoms with Crippen LogP contribution in [-0.4, -0.2) is 26.7 Å². The Kier molecular flexibility index (Phi) is 2.52. The fourth-order valence-corrected chi connectivity index (χ4v) is 6.68. The van der Waals surface area contributed by atoms with Gasteiger partial charge in [0.1, 0.15) is 0 Å². The Morgan fingerprint density at radius 3 is 2.83 bits per heavy atom. The van der Waals surface area contributed by atoms with Gasteiger partial charge >= 0.3 is 0 Å². The second kappa shape index (κ2) is 3.33. The van der Waals surface area contributed by atoms with Crippen molar-refractivity contribution < 1.29 is 4.21 Å². The van der Waals surface area contributed by atoms with Crippen molar-refractivity contribution in [3.05, 3.63) is 0 Å². The molecule has 2 fully saturated rings. The van der Waals surface area contributed by atoms with Gasteiger partial charge in [-0.1, -0.05) is 13.8 Å². The summed E-state index contributed by atoms with van der Waals surface area (Å²) in [5, 5.41) is 0.544. The highest BCUT2D eigenvalue weighted by Crippen LogP contribution is 2.42. The lowest BCUT2D eigenvalue weighted by Gasteiger charge is -2.19. The average Bonchev–Trinajstić information content (AvgIpc) is 2.53. The summed E-state index contributed by atoms with van der Waals surface area (Å²) >= 11 is 2.00. The maximum absolute atomic E-state index is 11.7. The Morgan fingerprint density at radius 1 is 1.42 bits per heavy atom. The van der Waals surface area contributed by atoms with Crippen LogP contribution >= 0.6 is 11.8 Å². The smallest absolute Gasteiger partial charge is 0.0477 e. The molecule has 0 N–H and O–H groups in total. The summed E-state index contributed by atoms with van der Waals surface area (Å²) in [4.78, 5) is 0. The molecule has 2 aliphatic rings. The summed E-state index contributed by atoms with van der Waals surface area (Å²) in [6.45, 7) is 4.54. The summed E-state index contributed by atoms with van der Waals surface area (Å²) in [5.74, 6) is 5.64. The van der Waals surface area contributed by atoms with Crippen LogP contribution in [0.1, 0.15) is 13.8 Å². The first-order valence-electron chi connectivity index (χ1n) is 4.65. The predicted octanol–water partition coefficient (Wildman–Crippen LogP) is 1.75. The molecular weight excluding hydrogens is 188 g/mol. The van der Waals surface area contributed by atoms with E-state index in [1.807, 2.05) is 11.8 Å². The molecule has 2 saturated heterocycles. The largest absolute Gasteiger partial charge is 0.259 e. The van der Waals surface area contributed by atoms with Crippen molar-refractivity contribution >= 4 is 22.6 Å². The van der Waals surface area contributed by atoms with Crippen LogP contribution in [0, 0.1) is 17.8 Å². The van der Waals surface area contributed by atoms with Crippen LogP contribution < -0.4 is 0 Å². The van der Waals surface area contributed by atoms with Gasteiger partial charge in [-0.3, -0.25) is 4.21 Å². The lowest BCUT2D eigenvalue weighted by molar-refractivity contribution is 0.330. The average molecular weight is 204 g/mol. The molecule has 0 radical (unpaired) electrons. The van der Waals surface area contributed by atoms with Crippen molar-refractivity contribution in [1.82, 2.24) is 0 Å². The van der Waals surface area contributed by atoms with Crippen molar-refractivity contribution in [3.63, 3.8) is 0 Å². The van der Waals surface area contributed by atoms with Gasteiger partial charge < -0.3 is 0 Å². The van der Waals surface area contributed by atoms with Gasteiger partial charge in [0, 0.05) is 27.6 Å². The van der Waals surface area contributed by atoms with Gasteiger partial charge in [-0.2, -0.15) is 11.8 Å². The maximum atomic E-state index is 11.7. The summed E-state index contributed by atoms with van der Waals surface area (Å²) in [5.41, 5.74) is 0. The second-order valence-corrected chi connectivity index (χ2v) is 6.97. The van der Waals surface area contributed by atoms with Crippen LogP contribution in [-0.2, 0) is 10.8 Å². The molecule has 12 heavy (non-hydrogen) atoms. The molecule has 3 heteroatoms. The van der Waals surface area contributed by atoms with E-state index < -0.39 is 10.8 Å². The van der Waals surface area contributed by atoms with Crippen molar-refractivity contribution in [2.45, 2.75) is 19.1 Å². The van der Waals surface area contributed by atoms with Gasteiger partial charge in [0.05, 0.1) is 0 Å². The van der Waals surface area contributed by atoms with Gasteiger partial charge in [0.25, 0.3) is 0 Å². The quantitative estimate of drug-likeness (QED) is 0.647. The van der Waals surface area contributed by atoms with E-state index in [2.05, 4.69) is 13.8 Å². The first kappa shape index (κ1) is 9.07. The van der Waals surface area contributed by atoms with Crippen molar-refractivity contribution in [3.8, 4) is 0 Å². The van der Waals surface area contributed by atoms with Gasteiger partial charge in [-0.05, 0) is 23.5 Å². The molecule has 4 atom stereocenters. The van der Waals surface area contributed by atoms with Crippen LogP contribution in [0.15, 0.2) is 0 Å². The zero-order valence-corrected chi connectivity index (χ0v) is 9.29. The third-order valence-corrected chi connectivity index (χ3v) is 6.50. The Hall–Kier alpha value is 0.500. The van der Waals surface area contributed by atoms with Crippen LogP contribution in [0.2, 0.25) is 0 Å². The third kappa shape index (κ3) is 1.35. The summed E-state index contributed by atoms with van der Waals surface area (Å²) in [6, 6.07) is 0. The summed E-state index contributed by atoms with van der Waals surface area (Å²) in [6.07, 6.45) is 0. The number of hydrogen-bond acceptors (Lipinski definition) is 2. The highest BCUT2D eigenvalue weighted by atomic mass is 32.2. The van der Waals surface area contributed by atoms with E-state index in [0.29, 0.717) is 5.25 Å². The molecule has 0 aromatic carbocycles. The molecule has 2 rings (SSSR count). The molecule has 4 unspecified atom stereocenters. The third-order valence-electron chi connectivity index (χ3n) is 3.17. The Labute approximate surface area is 81.1 Å². The first-order chi connectivity index (χ1) is 5.70.